The van der Waals surface area contributed by atoms with Gasteiger partial charge in [-0.3, -0.25) is 9.89 Å². The Hall–Kier alpha value is -2.05. The van der Waals surface area contributed by atoms with Gasteiger partial charge in [-0.25, -0.2) is 0 Å². The van der Waals surface area contributed by atoms with Crippen LogP contribution in [0.25, 0.3) is 16.8 Å². The van der Waals surface area contributed by atoms with Crippen LogP contribution in [0.5, 0.6) is 0 Å². The van der Waals surface area contributed by atoms with Crippen LogP contribution < -0.4 is 5.32 Å². The summed E-state index contributed by atoms with van der Waals surface area (Å²) in [5, 5.41) is 3.25. The van der Waals surface area contributed by atoms with Crippen molar-refractivity contribution in [2.75, 3.05) is 19.8 Å². The maximum absolute atomic E-state index is 15.0. The maximum Gasteiger partial charge on any atom is 0.299 e. The monoisotopic (exact) mass is 403 g/mol. The number of aliphatic imine (C=N–C) groups is 1. The molecule has 4 rings (SSSR count). The van der Waals surface area contributed by atoms with E-state index in [9.17, 15) is 8.78 Å². The van der Waals surface area contributed by atoms with E-state index in [2.05, 4.69) is 37.9 Å². The number of nitrogens with one attached hydrogen (secondary N) is 1. The van der Waals surface area contributed by atoms with E-state index in [1.54, 1.807) is 30.5 Å². The third kappa shape index (κ3) is 2.89. The second kappa shape index (κ2) is 6.04. The van der Waals surface area contributed by atoms with E-state index in [-0.39, 0.29) is 11.1 Å². The quantitative estimate of drug-likeness (QED) is 0.590. The fraction of sp³-hybridized carbons (Fsp3) is 0.211. The minimum Gasteiger partial charge on any atom is -0.371 e. The molecule has 1 aliphatic heterocycles. The Morgan fingerprint density at radius 1 is 1.20 bits per heavy atom. The van der Waals surface area contributed by atoms with Crippen LogP contribution in [0, 0.1) is 0 Å². The van der Waals surface area contributed by atoms with Gasteiger partial charge in [0.2, 0.25) is 0 Å². The summed E-state index contributed by atoms with van der Waals surface area (Å²) < 4.78 is 30.6. The number of fused-ring (bicyclic) bond motifs is 3. The molecule has 25 heavy (non-hydrogen) atoms. The van der Waals surface area contributed by atoms with Crippen molar-refractivity contribution >= 4 is 28.3 Å². The van der Waals surface area contributed by atoms with E-state index in [4.69, 9.17) is 0 Å². The Balaban J connectivity index is 1.75. The molecule has 2 aromatic carbocycles. The van der Waals surface area contributed by atoms with Gasteiger partial charge >= 0.3 is 0 Å². The number of rotatable bonds is 5. The summed E-state index contributed by atoms with van der Waals surface area (Å²) in [5.41, 5.74) is 2.60. The Bertz CT molecular complexity index is 888. The van der Waals surface area contributed by atoms with Crippen molar-refractivity contribution in [2.45, 2.75) is 5.92 Å². The van der Waals surface area contributed by atoms with Crippen molar-refractivity contribution in [1.82, 2.24) is 10.2 Å². The maximum atomic E-state index is 15.0. The fourth-order valence-electron chi connectivity index (χ4n) is 3.10. The Labute approximate surface area is 153 Å². The van der Waals surface area contributed by atoms with Gasteiger partial charge in [-0.2, -0.15) is 8.78 Å². The molecule has 2 aromatic rings. The van der Waals surface area contributed by atoms with Crippen LogP contribution in [0.4, 0.5) is 8.78 Å². The SMILES string of the molecule is C=N/C=C(\NCN1CC1)c1ccc2c(c1)C(F)(F)c1cc(Br)ccc1-2. The first kappa shape index (κ1) is 16.4. The Kier molecular flexibility index (Phi) is 3.96. The summed E-state index contributed by atoms with van der Waals surface area (Å²) in [6.45, 7) is 6.25. The van der Waals surface area contributed by atoms with Crippen molar-refractivity contribution in [1.29, 1.82) is 0 Å². The first-order chi connectivity index (χ1) is 12.0. The molecule has 1 saturated heterocycles. The van der Waals surface area contributed by atoms with Gasteiger partial charge in [0.05, 0.1) is 12.4 Å². The molecule has 2 aliphatic rings. The van der Waals surface area contributed by atoms with Crippen molar-refractivity contribution in [2.24, 2.45) is 4.99 Å². The van der Waals surface area contributed by atoms with Crippen LogP contribution in [0.15, 0.2) is 52.1 Å². The topological polar surface area (TPSA) is 27.4 Å². The summed E-state index contributed by atoms with van der Waals surface area (Å²) in [4.78, 5) is 5.99. The average Bonchev–Trinajstić information content (AvgIpc) is 3.39. The molecular formula is C19H16BrF2N3. The van der Waals surface area contributed by atoms with Gasteiger partial charge in [-0.15, -0.1) is 0 Å². The van der Waals surface area contributed by atoms with Gasteiger partial charge in [-0.05, 0) is 41.6 Å². The minimum atomic E-state index is -3.02. The van der Waals surface area contributed by atoms with Crippen LogP contribution in [0.2, 0.25) is 0 Å². The van der Waals surface area contributed by atoms with E-state index in [1.807, 2.05) is 6.07 Å². The number of hydrogen-bond donors (Lipinski definition) is 1. The number of benzene rings is 2. The summed E-state index contributed by atoms with van der Waals surface area (Å²) in [5.74, 6) is -3.02. The third-order valence-electron chi connectivity index (χ3n) is 4.53. The first-order valence-corrected chi connectivity index (χ1v) is 8.75. The molecule has 0 amide bonds. The number of nitrogens with zero attached hydrogens (tertiary/aromatic N) is 2. The average molecular weight is 404 g/mol. The van der Waals surface area contributed by atoms with Crippen LogP contribution >= 0.6 is 15.9 Å². The van der Waals surface area contributed by atoms with Gasteiger partial charge in [0.25, 0.3) is 5.92 Å². The van der Waals surface area contributed by atoms with Crippen LogP contribution in [-0.2, 0) is 5.92 Å². The lowest BCUT2D eigenvalue weighted by Crippen LogP contribution is -2.20. The summed E-state index contributed by atoms with van der Waals surface area (Å²) >= 11 is 3.28. The first-order valence-electron chi connectivity index (χ1n) is 7.96. The predicted octanol–water partition coefficient (Wildman–Crippen LogP) is 4.43. The molecule has 0 saturated carbocycles. The molecule has 0 unspecified atom stereocenters. The van der Waals surface area contributed by atoms with Crippen molar-refractivity contribution in [3.8, 4) is 11.1 Å². The van der Waals surface area contributed by atoms with E-state index in [0.29, 0.717) is 33.5 Å². The lowest BCUT2D eigenvalue weighted by atomic mass is 10.0. The molecular weight excluding hydrogens is 388 g/mol. The zero-order chi connectivity index (χ0) is 17.6. The molecule has 1 aliphatic carbocycles. The Morgan fingerprint density at radius 3 is 2.56 bits per heavy atom. The van der Waals surface area contributed by atoms with Gasteiger partial charge in [0, 0.05) is 34.9 Å². The van der Waals surface area contributed by atoms with Gasteiger partial charge in [0.1, 0.15) is 0 Å². The molecule has 6 heteroatoms. The van der Waals surface area contributed by atoms with Crippen LogP contribution in [0.3, 0.4) is 0 Å². The molecule has 1 fully saturated rings. The number of alkyl halides is 2. The molecule has 1 N–H and O–H groups in total. The standard InChI is InChI=1S/C19H16BrF2N3/c1-23-10-18(24-11-25-6-7-25)12-2-4-14-15-5-3-13(20)9-17(15)19(21,22)16(14)8-12/h2-5,8-10,24H,1,6-7,11H2/b18-10-. The van der Waals surface area contributed by atoms with E-state index >= 15 is 0 Å². The molecule has 3 nitrogen and oxygen atoms in total. The minimum absolute atomic E-state index is 0.0293. The summed E-state index contributed by atoms with van der Waals surface area (Å²) in [6, 6.07) is 10.2. The predicted molar refractivity (Wildman–Crippen MR) is 99.7 cm³/mol. The molecule has 0 bridgehead atoms. The second-order valence-electron chi connectivity index (χ2n) is 6.20. The highest BCUT2D eigenvalue weighted by Crippen LogP contribution is 2.52. The van der Waals surface area contributed by atoms with E-state index < -0.39 is 5.92 Å². The van der Waals surface area contributed by atoms with Crippen LogP contribution in [0.1, 0.15) is 16.7 Å². The zero-order valence-electron chi connectivity index (χ0n) is 13.4. The van der Waals surface area contributed by atoms with E-state index in [0.717, 1.165) is 13.1 Å². The fourth-order valence-corrected chi connectivity index (χ4v) is 3.46. The highest BCUT2D eigenvalue weighted by Gasteiger charge is 2.44. The number of hydrogen-bond acceptors (Lipinski definition) is 3. The van der Waals surface area contributed by atoms with Crippen LogP contribution in [-0.4, -0.2) is 31.4 Å². The normalized spacial score (nSPS) is 17.8. The highest BCUT2D eigenvalue weighted by atomic mass is 79.9. The van der Waals surface area contributed by atoms with Gasteiger partial charge in [-0.1, -0.05) is 34.1 Å². The molecule has 0 radical (unpaired) electrons. The molecule has 0 spiro atoms. The molecule has 0 atom stereocenters. The van der Waals surface area contributed by atoms with Gasteiger partial charge in [0.15, 0.2) is 0 Å². The lowest BCUT2D eigenvalue weighted by Gasteiger charge is -2.15. The third-order valence-corrected chi connectivity index (χ3v) is 5.03. The van der Waals surface area contributed by atoms with Crippen molar-refractivity contribution in [3.05, 3.63) is 63.8 Å². The summed E-state index contributed by atoms with van der Waals surface area (Å²) in [7, 11) is 0. The highest BCUT2D eigenvalue weighted by molar-refractivity contribution is 9.10. The second-order valence-corrected chi connectivity index (χ2v) is 7.12. The summed E-state index contributed by atoms with van der Waals surface area (Å²) in [6.07, 6.45) is 1.57. The zero-order valence-corrected chi connectivity index (χ0v) is 15.0. The molecule has 1 heterocycles. The largest absolute Gasteiger partial charge is 0.371 e. The van der Waals surface area contributed by atoms with Crippen molar-refractivity contribution < 1.29 is 8.78 Å². The number of halogens is 3. The Morgan fingerprint density at radius 2 is 1.88 bits per heavy atom. The molecule has 128 valence electrons. The lowest BCUT2D eigenvalue weighted by molar-refractivity contribution is 0.0479. The smallest absolute Gasteiger partial charge is 0.299 e. The molecule has 0 aromatic heterocycles. The van der Waals surface area contributed by atoms with Gasteiger partial charge < -0.3 is 5.32 Å². The van der Waals surface area contributed by atoms with Crippen molar-refractivity contribution in [3.63, 3.8) is 0 Å². The van der Waals surface area contributed by atoms with E-state index in [1.165, 1.54) is 6.07 Å².